The summed E-state index contributed by atoms with van der Waals surface area (Å²) >= 11 is 7.65. The van der Waals surface area contributed by atoms with Gasteiger partial charge in [0.25, 0.3) is 0 Å². The minimum atomic E-state index is -3.51. The average molecular weight is 479 g/mol. The van der Waals surface area contributed by atoms with Crippen LogP contribution in [-0.4, -0.2) is 47.4 Å². The second-order valence-corrected chi connectivity index (χ2v) is 11.0. The molecule has 0 bridgehead atoms. The molecule has 0 saturated carbocycles. The summed E-state index contributed by atoms with van der Waals surface area (Å²) in [6.07, 6.45) is 4.86. The molecule has 1 aromatic carbocycles. The maximum Gasteiger partial charge on any atom is 0.247 e. The Morgan fingerprint density at radius 1 is 1.29 bits per heavy atom. The molecule has 1 aliphatic heterocycles. The zero-order valence-corrected chi connectivity index (χ0v) is 19.7. The predicted octanol–water partition coefficient (Wildman–Crippen LogP) is 4.00. The van der Waals surface area contributed by atoms with Gasteiger partial charge in [-0.1, -0.05) is 35.4 Å². The molecular weight excluding hydrogens is 456 g/mol. The minimum Gasteiger partial charge on any atom is -0.281 e. The van der Waals surface area contributed by atoms with Crippen LogP contribution in [0.2, 0.25) is 5.02 Å². The minimum absolute atomic E-state index is 0.209. The van der Waals surface area contributed by atoms with Crippen LogP contribution in [0.4, 0.5) is 5.13 Å². The molecule has 1 saturated heterocycles. The maximum absolute atomic E-state index is 13.7. The van der Waals surface area contributed by atoms with E-state index in [4.69, 9.17) is 16.6 Å². The van der Waals surface area contributed by atoms with E-state index in [-0.39, 0.29) is 12.5 Å². The van der Waals surface area contributed by atoms with Gasteiger partial charge in [-0.3, -0.25) is 14.7 Å². The van der Waals surface area contributed by atoms with Gasteiger partial charge in [-0.05, 0) is 49.6 Å². The predicted molar refractivity (Wildman–Crippen MR) is 124 cm³/mol. The SMILES string of the molecule is Cc1c(Cl)ccc2sc(N(Cc3ccccn3)C(=O)C3CCCCN3S(C)(=O)=O)nc12. The van der Waals surface area contributed by atoms with Gasteiger partial charge in [0.2, 0.25) is 15.9 Å². The Morgan fingerprint density at radius 2 is 2.10 bits per heavy atom. The third-order valence-corrected chi connectivity index (χ3v) is 8.19. The van der Waals surface area contributed by atoms with Crippen molar-refractivity contribution >= 4 is 54.2 Å². The first-order valence-corrected chi connectivity index (χ1v) is 13.0. The summed E-state index contributed by atoms with van der Waals surface area (Å²) < 4.78 is 26.9. The number of nitrogens with zero attached hydrogens (tertiary/aromatic N) is 4. The zero-order chi connectivity index (χ0) is 22.2. The highest BCUT2D eigenvalue weighted by atomic mass is 35.5. The molecule has 1 aliphatic rings. The topological polar surface area (TPSA) is 83.5 Å². The first kappa shape index (κ1) is 22.1. The zero-order valence-electron chi connectivity index (χ0n) is 17.3. The number of amides is 1. The molecule has 10 heteroatoms. The Morgan fingerprint density at radius 3 is 2.81 bits per heavy atom. The van der Waals surface area contributed by atoms with Gasteiger partial charge < -0.3 is 0 Å². The molecule has 3 aromatic rings. The molecule has 0 radical (unpaired) electrons. The Kier molecular flexibility index (Phi) is 6.30. The van der Waals surface area contributed by atoms with Crippen molar-refractivity contribution in [2.24, 2.45) is 0 Å². The summed E-state index contributed by atoms with van der Waals surface area (Å²) in [5.74, 6) is -0.279. The quantitative estimate of drug-likeness (QED) is 0.553. The van der Waals surface area contributed by atoms with Crippen molar-refractivity contribution < 1.29 is 13.2 Å². The summed E-state index contributed by atoms with van der Waals surface area (Å²) in [6.45, 7) is 2.45. The van der Waals surface area contributed by atoms with Gasteiger partial charge in [0.15, 0.2) is 5.13 Å². The van der Waals surface area contributed by atoms with Crippen LogP contribution in [0.25, 0.3) is 10.2 Å². The molecule has 0 aliphatic carbocycles. The van der Waals surface area contributed by atoms with E-state index in [9.17, 15) is 13.2 Å². The van der Waals surface area contributed by atoms with Gasteiger partial charge in [-0.15, -0.1) is 0 Å². The number of sulfonamides is 1. The van der Waals surface area contributed by atoms with Crippen molar-refractivity contribution in [2.75, 3.05) is 17.7 Å². The Bertz CT molecular complexity index is 1210. The average Bonchev–Trinajstić information content (AvgIpc) is 3.19. The molecule has 3 heterocycles. The highest BCUT2D eigenvalue weighted by Crippen LogP contribution is 2.35. The largest absolute Gasteiger partial charge is 0.281 e. The van der Waals surface area contributed by atoms with Gasteiger partial charge in [-0.2, -0.15) is 4.31 Å². The van der Waals surface area contributed by atoms with Gasteiger partial charge in [0, 0.05) is 17.8 Å². The van der Waals surface area contributed by atoms with Crippen molar-refractivity contribution in [3.63, 3.8) is 0 Å². The molecule has 164 valence electrons. The van der Waals surface area contributed by atoms with Crippen LogP contribution in [0.1, 0.15) is 30.5 Å². The number of aryl methyl sites for hydroxylation is 1. The molecule has 2 aromatic heterocycles. The smallest absolute Gasteiger partial charge is 0.247 e. The van der Waals surface area contributed by atoms with Gasteiger partial charge >= 0.3 is 0 Å². The lowest BCUT2D eigenvalue weighted by Gasteiger charge is -2.35. The molecule has 7 nitrogen and oxygen atoms in total. The van der Waals surface area contributed by atoms with Gasteiger partial charge in [0.1, 0.15) is 6.04 Å². The summed E-state index contributed by atoms with van der Waals surface area (Å²) in [5.41, 5.74) is 2.30. The van der Waals surface area contributed by atoms with E-state index < -0.39 is 16.1 Å². The molecule has 1 atom stereocenters. The van der Waals surface area contributed by atoms with Gasteiger partial charge in [-0.25, -0.2) is 13.4 Å². The fourth-order valence-electron chi connectivity index (χ4n) is 3.83. The lowest BCUT2D eigenvalue weighted by Crippen LogP contribution is -2.52. The number of piperidine rings is 1. The molecule has 0 spiro atoms. The Labute approximate surface area is 190 Å². The van der Waals surface area contributed by atoms with Crippen molar-refractivity contribution in [2.45, 2.75) is 38.8 Å². The molecule has 31 heavy (non-hydrogen) atoms. The van der Waals surface area contributed by atoms with Crippen LogP contribution in [0.5, 0.6) is 0 Å². The molecule has 4 rings (SSSR count). The lowest BCUT2D eigenvalue weighted by molar-refractivity contribution is -0.123. The fraction of sp³-hybridized carbons (Fsp3) is 0.381. The maximum atomic E-state index is 13.7. The summed E-state index contributed by atoms with van der Waals surface area (Å²) in [5, 5.41) is 1.12. The van der Waals surface area contributed by atoms with Crippen molar-refractivity contribution in [3.8, 4) is 0 Å². The van der Waals surface area contributed by atoms with E-state index in [2.05, 4.69) is 4.98 Å². The monoisotopic (exact) mass is 478 g/mol. The third-order valence-electron chi connectivity index (χ3n) is 5.44. The molecular formula is C21H23ClN4O3S2. The third kappa shape index (κ3) is 4.59. The Balaban J connectivity index is 1.77. The van der Waals surface area contributed by atoms with E-state index in [0.29, 0.717) is 28.8 Å². The van der Waals surface area contributed by atoms with Gasteiger partial charge in [0.05, 0.1) is 28.7 Å². The highest BCUT2D eigenvalue weighted by Gasteiger charge is 2.38. The van der Waals surface area contributed by atoms with Crippen LogP contribution in [0.3, 0.4) is 0 Å². The number of aromatic nitrogens is 2. The van der Waals surface area contributed by atoms with Crippen molar-refractivity contribution in [1.29, 1.82) is 0 Å². The first-order valence-electron chi connectivity index (χ1n) is 9.99. The van der Waals surface area contributed by atoms with E-state index in [0.717, 1.165) is 34.9 Å². The fourth-order valence-corrected chi connectivity index (χ4v) is 6.13. The number of carbonyl (C=O) groups is 1. The number of thiazole rings is 1. The second kappa shape index (κ2) is 8.82. The number of halogens is 1. The molecule has 1 unspecified atom stereocenters. The molecule has 1 fully saturated rings. The number of hydrogen-bond donors (Lipinski definition) is 0. The Hall–Kier alpha value is -2.07. The number of carbonyl (C=O) groups excluding carboxylic acids is 1. The second-order valence-electron chi connectivity index (χ2n) is 7.65. The van der Waals surface area contributed by atoms with Crippen LogP contribution in [-0.2, 0) is 21.4 Å². The summed E-state index contributed by atoms with van der Waals surface area (Å²) in [7, 11) is -3.51. The van der Waals surface area contributed by atoms with E-state index in [1.165, 1.54) is 15.6 Å². The van der Waals surface area contributed by atoms with E-state index >= 15 is 0 Å². The molecule has 1 amide bonds. The normalized spacial score (nSPS) is 17.7. The first-order chi connectivity index (χ1) is 14.8. The van der Waals surface area contributed by atoms with Crippen LogP contribution >= 0.6 is 22.9 Å². The van der Waals surface area contributed by atoms with Crippen molar-refractivity contribution in [1.82, 2.24) is 14.3 Å². The number of pyridine rings is 1. The van der Waals surface area contributed by atoms with Crippen LogP contribution in [0, 0.1) is 6.92 Å². The number of benzene rings is 1. The summed E-state index contributed by atoms with van der Waals surface area (Å²) in [6, 6.07) is 8.47. The standard InChI is InChI=1S/C21H23ClN4O3S2/c1-14-16(22)9-10-18-19(14)24-21(30-18)25(13-15-7-3-5-11-23-15)20(27)17-8-4-6-12-26(17)31(2,28)29/h3,5,7,9-11,17H,4,6,8,12-13H2,1-2H3. The lowest BCUT2D eigenvalue weighted by atomic mass is 10.0. The van der Waals surface area contributed by atoms with Crippen LogP contribution in [0.15, 0.2) is 36.5 Å². The molecule has 0 N–H and O–H groups in total. The number of anilines is 1. The van der Waals surface area contributed by atoms with Crippen LogP contribution < -0.4 is 4.90 Å². The number of fused-ring (bicyclic) bond motifs is 1. The van der Waals surface area contributed by atoms with E-state index in [1.54, 1.807) is 11.1 Å². The number of rotatable bonds is 5. The van der Waals surface area contributed by atoms with E-state index in [1.807, 2.05) is 37.3 Å². The summed E-state index contributed by atoms with van der Waals surface area (Å²) in [4.78, 5) is 24.4. The number of hydrogen-bond acceptors (Lipinski definition) is 6. The highest BCUT2D eigenvalue weighted by molar-refractivity contribution is 7.88. The van der Waals surface area contributed by atoms with Crippen molar-refractivity contribution in [3.05, 3.63) is 52.8 Å².